The molecule has 1 aliphatic heterocycles. The van der Waals surface area contributed by atoms with Crippen molar-refractivity contribution >= 4 is 37.5 Å². The Labute approximate surface area is 187 Å². The molecule has 30 heavy (non-hydrogen) atoms. The molecule has 8 heteroatoms. The SMILES string of the molecule is CC(C)CN1CCC(NC(=O)c2cccc(S(=O)(=O)Nc3ccc(Br)cc3)c2)CC1. The number of nitrogens with one attached hydrogen (secondary N) is 2. The summed E-state index contributed by atoms with van der Waals surface area (Å²) in [5.74, 6) is 0.393. The molecule has 0 bridgehead atoms. The highest BCUT2D eigenvalue weighted by Gasteiger charge is 2.22. The first-order chi connectivity index (χ1) is 14.2. The monoisotopic (exact) mass is 493 g/mol. The van der Waals surface area contributed by atoms with Crippen LogP contribution in [-0.2, 0) is 10.0 Å². The first-order valence-electron chi connectivity index (χ1n) is 10.1. The van der Waals surface area contributed by atoms with Crippen LogP contribution in [0, 0.1) is 5.92 Å². The molecule has 2 aromatic rings. The van der Waals surface area contributed by atoms with Gasteiger partial charge in [0.15, 0.2) is 0 Å². The highest BCUT2D eigenvalue weighted by Crippen LogP contribution is 2.20. The van der Waals surface area contributed by atoms with Crippen molar-refractivity contribution in [2.45, 2.75) is 37.6 Å². The minimum atomic E-state index is -3.79. The van der Waals surface area contributed by atoms with Crippen molar-refractivity contribution in [3.8, 4) is 0 Å². The van der Waals surface area contributed by atoms with Crippen molar-refractivity contribution in [2.75, 3.05) is 24.4 Å². The van der Waals surface area contributed by atoms with Gasteiger partial charge in [-0.05, 0) is 61.2 Å². The molecule has 0 aromatic heterocycles. The summed E-state index contributed by atoms with van der Waals surface area (Å²) in [6.45, 7) is 7.43. The van der Waals surface area contributed by atoms with Crippen molar-refractivity contribution < 1.29 is 13.2 Å². The molecule has 3 rings (SSSR count). The number of hydrogen-bond acceptors (Lipinski definition) is 4. The minimum Gasteiger partial charge on any atom is -0.349 e. The van der Waals surface area contributed by atoms with Gasteiger partial charge < -0.3 is 10.2 Å². The summed E-state index contributed by atoms with van der Waals surface area (Å²) < 4.78 is 28.8. The Kier molecular flexibility index (Phi) is 7.55. The number of benzene rings is 2. The van der Waals surface area contributed by atoms with Gasteiger partial charge in [0.05, 0.1) is 4.90 Å². The van der Waals surface area contributed by atoms with Crippen LogP contribution < -0.4 is 10.0 Å². The third kappa shape index (κ3) is 6.30. The van der Waals surface area contributed by atoms with Crippen molar-refractivity contribution in [3.63, 3.8) is 0 Å². The fourth-order valence-electron chi connectivity index (χ4n) is 3.58. The second kappa shape index (κ2) is 9.94. The lowest BCUT2D eigenvalue weighted by Crippen LogP contribution is -2.45. The number of rotatable bonds is 7. The molecule has 0 spiro atoms. The molecule has 1 fully saturated rings. The molecule has 162 valence electrons. The third-order valence-corrected chi connectivity index (χ3v) is 6.96. The number of sulfonamides is 1. The average Bonchev–Trinajstić information content (AvgIpc) is 2.71. The predicted molar refractivity (Wildman–Crippen MR) is 123 cm³/mol. The van der Waals surface area contributed by atoms with Crippen molar-refractivity contribution in [2.24, 2.45) is 5.92 Å². The topological polar surface area (TPSA) is 78.5 Å². The van der Waals surface area contributed by atoms with Crippen LogP contribution in [0.25, 0.3) is 0 Å². The number of halogens is 1. The summed E-state index contributed by atoms with van der Waals surface area (Å²) in [4.78, 5) is 15.2. The summed E-state index contributed by atoms with van der Waals surface area (Å²) in [6, 6.07) is 13.1. The Morgan fingerprint density at radius 3 is 2.43 bits per heavy atom. The van der Waals surface area contributed by atoms with Crippen LogP contribution in [0.3, 0.4) is 0 Å². The van der Waals surface area contributed by atoms with E-state index in [2.05, 4.69) is 44.7 Å². The van der Waals surface area contributed by atoms with Gasteiger partial charge in [0.2, 0.25) is 0 Å². The molecule has 0 unspecified atom stereocenters. The van der Waals surface area contributed by atoms with Gasteiger partial charge in [-0.25, -0.2) is 8.42 Å². The highest BCUT2D eigenvalue weighted by molar-refractivity contribution is 9.10. The molecule has 1 amide bonds. The van der Waals surface area contributed by atoms with Gasteiger partial charge in [0.25, 0.3) is 15.9 Å². The molecule has 1 aliphatic rings. The number of carbonyl (C=O) groups is 1. The molecule has 0 saturated carbocycles. The number of carbonyl (C=O) groups excluding carboxylic acids is 1. The zero-order chi connectivity index (χ0) is 21.7. The zero-order valence-corrected chi connectivity index (χ0v) is 19.7. The normalized spacial score (nSPS) is 15.9. The molecule has 0 atom stereocenters. The van der Waals surface area contributed by atoms with Crippen molar-refractivity contribution in [1.82, 2.24) is 10.2 Å². The molecule has 1 saturated heterocycles. The third-order valence-electron chi connectivity index (χ3n) is 5.05. The number of hydrogen-bond donors (Lipinski definition) is 2. The molecule has 2 aromatic carbocycles. The summed E-state index contributed by atoms with van der Waals surface area (Å²) in [5.41, 5.74) is 0.805. The quantitative estimate of drug-likeness (QED) is 0.608. The van der Waals surface area contributed by atoms with E-state index in [4.69, 9.17) is 0 Å². The smallest absolute Gasteiger partial charge is 0.261 e. The Morgan fingerprint density at radius 2 is 1.80 bits per heavy atom. The summed E-state index contributed by atoms with van der Waals surface area (Å²) in [6.07, 6.45) is 1.81. The molecular formula is C22H28BrN3O3S. The van der Waals surface area contributed by atoms with E-state index in [9.17, 15) is 13.2 Å². The van der Waals surface area contributed by atoms with Crippen molar-refractivity contribution in [1.29, 1.82) is 0 Å². The summed E-state index contributed by atoms with van der Waals surface area (Å²) in [5, 5.41) is 3.06. The van der Waals surface area contributed by atoms with E-state index in [0.717, 1.165) is 36.9 Å². The highest BCUT2D eigenvalue weighted by atomic mass is 79.9. The second-order valence-corrected chi connectivity index (χ2v) is 10.7. The molecule has 1 heterocycles. The largest absolute Gasteiger partial charge is 0.349 e. The van der Waals surface area contributed by atoms with Crippen LogP contribution >= 0.6 is 15.9 Å². The van der Waals surface area contributed by atoms with Gasteiger partial charge in [-0.3, -0.25) is 9.52 Å². The Morgan fingerprint density at radius 1 is 1.13 bits per heavy atom. The summed E-state index contributed by atoms with van der Waals surface area (Å²) in [7, 11) is -3.79. The van der Waals surface area contributed by atoms with Gasteiger partial charge in [0.1, 0.15) is 0 Å². The van der Waals surface area contributed by atoms with Crippen LogP contribution in [0.1, 0.15) is 37.0 Å². The van der Waals surface area contributed by atoms with Gasteiger partial charge in [-0.15, -0.1) is 0 Å². The van der Waals surface area contributed by atoms with E-state index in [-0.39, 0.29) is 16.8 Å². The van der Waals surface area contributed by atoms with E-state index in [1.54, 1.807) is 36.4 Å². The van der Waals surface area contributed by atoms with E-state index in [1.807, 2.05) is 0 Å². The van der Waals surface area contributed by atoms with Crippen LogP contribution in [0.5, 0.6) is 0 Å². The predicted octanol–water partition coefficient (Wildman–Crippen LogP) is 4.10. The number of likely N-dealkylation sites (tertiary alicyclic amines) is 1. The molecule has 6 nitrogen and oxygen atoms in total. The second-order valence-electron chi connectivity index (χ2n) is 8.08. The Hall–Kier alpha value is -1.90. The fraction of sp³-hybridized carbons (Fsp3) is 0.409. The lowest BCUT2D eigenvalue weighted by Gasteiger charge is -2.33. The van der Waals surface area contributed by atoms with E-state index in [0.29, 0.717) is 17.2 Å². The maximum Gasteiger partial charge on any atom is 0.261 e. The average molecular weight is 494 g/mol. The lowest BCUT2D eigenvalue weighted by atomic mass is 10.0. The number of anilines is 1. The van der Waals surface area contributed by atoms with E-state index < -0.39 is 10.0 Å². The number of piperidine rings is 1. The van der Waals surface area contributed by atoms with Gasteiger partial charge in [0, 0.05) is 41.4 Å². The Balaban J connectivity index is 1.63. The first kappa shape index (κ1) is 22.8. The van der Waals surface area contributed by atoms with Crippen LogP contribution in [0.2, 0.25) is 0 Å². The van der Waals surface area contributed by atoms with Crippen LogP contribution in [-0.4, -0.2) is 44.9 Å². The number of amides is 1. The summed E-state index contributed by atoms with van der Waals surface area (Å²) >= 11 is 3.33. The fourth-order valence-corrected chi connectivity index (χ4v) is 4.95. The maximum atomic E-state index is 12.7. The molecule has 2 N–H and O–H groups in total. The van der Waals surface area contributed by atoms with Gasteiger partial charge in [-0.2, -0.15) is 0 Å². The van der Waals surface area contributed by atoms with Gasteiger partial charge in [-0.1, -0.05) is 35.8 Å². The molecule has 0 aliphatic carbocycles. The van der Waals surface area contributed by atoms with Crippen LogP contribution in [0.15, 0.2) is 57.9 Å². The molecular weight excluding hydrogens is 466 g/mol. The minimum absolute atomic E-state index is 0.0600. The Bertz CT molecular complexity index is 969. The van der Waals surface area contributed by atoms with E-state index >= 15 is 0 Å². The first-order valence-corrected chi connectivity index (χ1v) is 12.4. The zero-order valence-electron chi connectivity index (χ0n) is 17.3. The standard InChI is InChI=1S/C22H28BrN3O3S/c1-16(2)15-26-12-10-19(11-13-26)24-22(27)17-4-3-5-21(14-17)30(28,29)25-20-8-6-18(23)7-9-20/h3-9,14,16,19,25H,10-13,15H2,1-2H3,(H,24,27). The van der Waals surface area contributed by atoms with Crippen molar-refractivity contribution in [3.05, 3.63) is 58.6 Å². The maximum absolute atomic E-state index is 12.7. The van der Waals surface area contributed by atoms with Crippen LogP contribution in [0.4, 0.5) is 5.69 Å². The molecule has 0 radical (unpaired) electrons. The lowest BCUT2D eigenvalue weighted by molar-refractivity contribution is 0.0907. The number of nitrogens with zero attached hydrogens (tertiary/aromatic N) is 1. The van der Waals surface area contributed by atoms with Gasteiger partial charge >= 0.3 is 0 Å². The van der Waals surface area contributed by atoms with E-state index in [1.165, 1.54) is 12.1 Å².